The molecule has 0 aromatic carbocycles. The molecule has 1 aromatic rings. The number of carboxylic acid groups (broad SMARTS) is 1. The Kier molecular flexibility index (Phi) is 13.5. The van der Waals surface area contributed by atoms with Gasteiger partial charge in [-0.25, -0.2) is 0 Å². The second-order valence-electron chi connectivity index (χ2n) is 24.0. The number of carbonyl (C=O) groups is 3. The molecule has 61 heavy (non-hydrogen) atoms. The largest absolute Gasteiger partial charge is 0.481 e. The van der Waals surface area contributed by atoms with Crippen LogP contribution in [0.15, 0.2) is 0 Å². The molecule has 1 aliphatic heterocycles. The smallest absolute Gasteiger partial charge is 0.309 e. The Bertz CT molecular complexity index is 1740. The van der Waals surface area contributed by atoms with Gasteiger partial charge in [0.25, 0.3) is 0 Å². The van der Waals surface area contributed by atoms with Gasteiger partial charge in [0.2, 0.25) is 0 Å². The van der Waals surface area contributed by atoms with E-state index >= 15 is 0 Å². The lowest BCUT2D eigenvalue weighted by molar-refractivity contribution is -0.207. The molecule has 0 amide bonds. The van der Waals surface area contributed by atoms with Crippen molar-refractivity contribution in [2.24, 2.45) is 74.9 Å². The third kappa shape index (κ3) is 8.44. The quantitative estimate of drug-likeness (QED) is 0.203. The summed E-state index contributed by atoms with van der Waals surface area (Å²) in [6.45, 7) is 24.7. The van der Waals surface area contributed by atoms with Crippen LogP contribution in [0.1, 0.15) is 202 Å². The number of aliphatic carboxylic acids is 1. The average Bonchev–Trinajstić information content (AvgIpc) is 3.54. The van der Waals surface area contributed by atoms with Gasteiger partial charge in [0.1, 0.15) is 24.0 Å². The van der Waals surface area contributed by atoms with Gasteiger partial charge in [-0.2, -0.15) is 0 Å². The summed E-state index contributed by atoms with van der Waals surface area (Å²) in [6, 6.07) is 1.90. The van der Waals surface area contributed by atoms with Gasteiger partial charge in [-0.05, 0) is 175 Å². The first kappa shape index (κ1) is 46.7. The third-order valence-electron chi connectivity index (χ3n) is 20.0. The highest BCUT2D eigenvalue weighted by atomic mass is 16.5. The number of esters is 1. The lowest BCUT2D eigenvalue weighted by atomic mass is 9.37. The zero-order chi connectivity index (χ0) is 44.4. The van der Waals surface area contributed by atoms with Crippen LogP contribution in [-0.4, -0.2) is 68.2 Å². The monoisotopic (exact) mass is 847 g/mol. The molecular weight excluding hydrogens is 761 g/mol. The molecule has 9 rings (SSSR count). The molecule has 1 saturated heterocycles. The molecule has 2 heterocycles. The summed E-state index contributed by atoms with van der Waals surface area (Å²) in [5.41, 5.74) is 0.0823. The maximum Gasteiger partial charge on any atom is 0.309 e. The van der Waals surface area contributed by atoms with E-state index < -0.39 is 17.3 Å². The van der Waals surface area contributed by atoms with Crippen molar-refractivity contribution < 1.29 is 24.2 Å². The van der Waals surface area contributed by atoms with Crippen molar-refractivity contribution >= 4 is 18.2 Å². The molecule has 0 radical (unpaired) electrons. The fraction of sp³-hybridized carbons (Fsp3) is 0.904. The Balaban J connectivity index is 0.000000202. The highest BCUT2D eigenvalue weighted by Crippen LogP contribution is 2.71. The van der Waals surface area contributed by atoms with Crippen LogP contribution in [0.3, 0.4) is 0 Å². The van der Waals surface area contributed by atoms with Crippen molar-refractivity contribution in [2.45, 2.75) is 215 Å². The van der Waals surface area contributed by atoms with Crippen LogP contribution in [0, 0.1) is 81.8 Å². The van der Waals surface area contributed by atoms with Crippen LogP contribution in [0.2, 0.25) is 0 Å². The summed E-state index contributed by atoms with van der Waals surface area (Å²) >= 11 is 0. The Hall–Kier alpha value is -2.29. The van der Waals surface area contributed by atoms with E-state index in [1.165, 1.54) is 83.3 Å². The summed E-state index contributed by atoms with van der Waals surface area (Å²) < 4.78 is 8.55. The first-order valence-electron chi connectivity index (χ1n) is 25.2. The summed E-state index contributed by atoms with van der Waals surface area (Å²) in [7, 11) is 2.26. The predicted octanol–water partition coefficient (Wildman–Crippen LogP) is 11.5. The van der Waals surface area contributed by atoms with E-state index in [9.17, 15) is 19.5 Å². The van der Waals surface area contributed by atoms with Crippen molar-refractivity contribution in [2.75, 3.05) is 7.05 Å². The highest BCUT2D eigenvalue weighted by molar-refractivity contribution is 5.81. The summed E-state index contributed by atoms with van der Waals surface area (Å²) in [4.78, 5) is 39.5. The molecule has 8 fully saturated rings. The van der Waals surface area contributed by atoms with E-state index in [-0.39, 0.29) is 28.8 Å². The minimum absolute atomic E-state index is 0.0125. The number of likely N-dealkylation sites (tertiary alicyclic amines) is 1. The topological polar surface area (TPSA) is 115 Å². The Morgan fingerprint density at radius 3 is 2.07 bits per heavy atom. The maximum absolute atomic E-state index is 13.2. The number of carboxylic acids is 1. The second-order valence-corrected chi connectivity index (χ2v) is 24.0. The van der Waals surface area contributed by atoms with Gasteiger partial charge in [0.05, 0.1) is 11.8 Å². The van der Waals surface area contributed by atoms with Gasteiger partial charge in [0, 0.05) is 29.5 Å². The average molecular weight is 847 g/mol. The Labute approximate surface area is 370 Å². The van der Waals surface area contributed by atoms with Crippen LogP contribution in [-0.2, 0) is 19.1 Å². The van der Waals surface area contributed by atoms with Gasteiger partial charge in [0.15, 0.2) is 0 Å². The number of rotatable bonds is 8. The van der Waals surface area contributed by atoms with Gasteiger partial charge in [-0.1, -0.05) is 74.7 Å². The molecule has 15 atom stereocenters. The number of aryl methyl sites for hydroxylation is 1. The molecule has 9 nitrogen and oxygen atoms in total. The van der Waals surface area contributed by atoms with Crippen molar-refractivity contribution in [1.29, 1.82) is 0 Å². The first-order valence-corrected chi connectivity index (χ1v) is 25.2. The first-order chi connectivity index (χ1) is 28.7. The summed E-state index contributed by atoms with van der Waals surface area (Å²) in [5.74, 6) is 5.65. The lowest BCUT2D eigenvalue weighted by Crippen LogP contribution is -2.61. The fourth-order valence-electron chi connectivity index (χ4n) is 15.7. The number of hydrogen-bond donors (Lipinski definition) is 1. The molecule has 15 unspecified atom stereocenters. The SMILES string of the molecule is CC1C(OC(=O)C2CC(C(=O)O)C2(C)C)CCC2(C)C1CCC1(C)C3CCC4(C=O)CCCC4C3CCC21.CC1CC1.Cc1nnc(C(C)C)n1C(C)CC1CCC(C)N1C. The van der Waals surface area contributed by atoms with Crippen LogP contribution in [0.5, 0.6) is 0 Å². The van der Waals surface area contributed by atoms with E-state index in [0.717, 1.165) is 61.1 Å². The van der Waals surface area contributed by atoms with E-state index in [0.29, 0.717) is 53.5 Å². The Morgan fingerprint density at radius 1 is 0.820 bits per heavy atom. The Morgan fingerprint density at radius 2 is 1.48 bits per heavy atom. The molecule has 8 aliphatic rings. The van der Waals surface area contributed by atoms with Gasteiger partial charge in [-0.15, -0.1) is 10.2 Å². The fourth-order valence-corrected chi connectivity index (χ4v) is 15.7. The predicted molar refractivity (Wildman–Crippen MR) is 242 cm³/mol. The number of hydrogen-bond acceptors (Lipinski definition) is 7. The number of ether oxygens (including phenoxy) is 1. The molecule has 0 bridgehead atoms. The minimum Gasteiger partial charge on any atom is -0.481 e. The van der Waals surface area contributed by atoms with E-state index in [1.54, 1.807) is 0 Å². The molecule has 7 saturated carbocycles. The number of aromatic nitrogens is 3. The van der Waals surface area contributed by atoms with Crippen molar-refractivity contribution in [3.63, 3.8) is 0 Å². The lowest BCUT2D eigenvalue weighted by Gasteiger charge is -2.67. The molecule has 1 aromatic heterocycles. The number of nitrogens with zero attached hydrogens (tertiary/aromatic N) is 4. The maximum atomic E-state index is 13.2. The second kappa shape index (κ2) is 17.6. The standard InChI is InChI=1S/C33H50O5.C15H28N4.C4H8/c1-19-21-10-14-32(5)22-11-16-33(18-34)13-6-7-23(33)20(22)8-9-27(32)31(21,4)15-12-26(19)38-29(37)25-17-24(28(35)36)30(25,2)3;1-10(2)15-17-16-13(5)19(15)12(4)9-14-8-7-11(3)18(14)6;1-4-2-3-4/h18-27H,6-17H2,1-5H3,(H,35,36);10-12,14H,7-9H2,1-6H3;4H,2-3H2,1H3. The molecular formula is C52H86N4O5. The van der Waals surface area contributed by atoms with Crippen molar-refractivity contribution in [3.8, 4) is 0 Å². The van der Waals surface area contributed by atoms with Gasteiger partial charge < -0.3 is 24.1 Å². The molecule has 1 N–H and O–H groups in total. The van der Waals surface area contributed by atoms with Crippen LogP contribution < -0.4 is 0 Å². The minimum atomic E-state index is -0.802. The zero-order valence-electron chi connectivity index (χ0n) is 40.6. The van der Waals surface area contributed by atoms with E-state index in [2.05, 4.69) is 89.0 Å². The number of aldehydes is 1. The highest BCUT2D eigenvalue weighted by Gasteiger charge is 2.65. The van der Waals surface area contributed by atoms with Crippen LogP contribution in [0.4, 0.5) is 0 Å². The van der Waals surface area contributed by atoms with E-state index in [4.69, 9.17) is 4.74 Å². The number of fused-ring (bicyclic) bond motifs is 7. The third-order valence-corrected chi connectivity index (χ3v) is 20.0. The number of carbonyl (C=O) groups excluding carboxylic acids is 2. The van der Waals surface area contributed by atoms with Gasteiger partial charge >= 0.3 is 11.9 Å². The molecule has 7 aliphatic carbocycles. The molecule has 0 spiro atoms. The van der Waals surface area contributed by atoms with Crippen LogP contribution >= 0.6 is 0 Å². The van der Waals surface area contributed by atoms with Crippen molar-refractivity contribution in [1.82, 2.24) is 19.7 Å². The van der Waals surface area contributed by atoms with Crippen molar-refractivity contribution in [3.05, 3.63) is 11.6 Å². The molecule has 9 heteroatoms. The summed E-state index contributed by atoms with van der Waals surface area (Å²) in [5, 5.41) is 18.1. The van der Waals surface area contributed by atoms with Crippen LogP contribution in [0.25, 0.3) is 0 Å². The zero-order valence-corrected chi connectivity index (χ0v) is 40.6. The summed E-state index contributed by atoms with van der Waals surface area (Å²) in [6.07, 6.45) is 21.6. The van der Waals surface area contributed by atoms with Gasteiger partial charge in [-0.3, -0.25) is 9.59 Å². The normalized spacial score (nSPS) is 42.8. The molecule has 344 valence electrons. The van der Waals surface area contributed by atoms with E-state index in [1.807, 2.05) is 13.8 Å².